The van der Waals surface area contributed by atoms with Crippen LogP contribution in [0.25, 0.3) is 10.9 Å². The largest absolute Gasteiger partial charge is 0.420 e. The summed E-state index contributed by atoms with van der Waals surface area (Å²) >= 11 is 7.11. The molecule has 0 bridgehead atoms. The van der Waals surface area contributed by atoms with Crippen LogP contribution in [0.3, 0.4) is 0 Å². The van der Waals surface area contributed by atoms with E-state index in [1.165, 1.54) is 18.6 Å². The molecule has 0 atom stereocenters. The smallest absolute Gasteiger partial charge is 0.271 e. The number of ether oxygens (including phenoxy) is 1. The molecule has 27 heavy (non-hydrogen) atoms. The first-order valence-electron chi connectivity index (χ1n) is 7.62. The van der Waals surface area contributed by atoms with Crippen molar-refractivity contribution in [2.45, 2.75) is 4.21 Å². The number of anilines is 1. The second kappa shape index (κ2) is 7.10. The number of sulfonamides is 1. The maximum atomic E-state index is 12.2. The average molecular weight is 419 g/mol. The molecule has 4 rings (SSSR count). The fourth-order valence-electron chi connectivity index (χ4n) is 2.31. The molecule has 0 aliphatic carbocycles. The van der Waals surface area contributed by atoms with E-state index in [1.54, 1.807) is 41.8 Å². The van der Waals surface area contributed by atoms with E-state index in [0.29, 0.717) is 27.5 Å². The molecule has 0 saturated heterocycles. The third-order valence-corrected chi connectivity index (χ3v) is 6.53. The summed E-state index contributed by atoms with van der Waals surface area (Å²) in [7, 11) is -3.62. The van der Waals surface area contributed by atoms with E-state index < -0.39 is 10.0 Å². The molecule has 0 fully saturated rings. The van der Waals surface area contributed by atoms with Gasteiger partial charge in [0.1, 0.15) is 10.5 Å². The van der Waals surface area contributed by atoms with Crippen LogP contribution in [0, 0.1) is 0 Å². The Bertz CT molecular complexity index is 1200. The number of aromatic nitrogens is 3. The van der Waals surface area contributed by atoms with Gasteiger partial charge in [0.05, 0.1) is 22.8 Å². The molecule has 1 aromatic carbocycles. The monoisotopic (exact) mass is 418 g/mol. The highest BCUT2D eigenvalue weighted by Crippen LogP contribution is 2.28. The first kappa shape index (κ1) is 17.7. The Balaban J connectivity index is 1.55. The third-order valence-electron chi connectivity index (χ3n) is 3.51. The highest BCUT2D eigenvalue weighted by molar-refractivity contribution is 7.94. The van der Waals surface area contributed by atoms with Gasteiger partial charge in [-0.05, 0) is 35.7 Å². The van der Waals surface area contributed by atoms with E-state index in [4.69, 9.17) is 16.3 Å². The Morgan fingerprint density at radius 2 is 1.96 bits per heavy atom. The first-order valence-corrected chi connectivity index (χ1v) is 10.4. The molecule has 0 spiro atoms. The number of nitrogens with zero attached hydrogens (tertiary/aromatic N) is 3. The van der Waals surface area contributed by atoms with Gasteiger partial charge in [0, 0.05) is 11.1 Å². The molecule has 0 aliphatic rings. The molecule has 3 aromatic heterocycles. The highest BCUT2D eigenvalue weighted by atomic mass is 35.5. The lowest BCUT2D eigenvalue weighted by atomic mass is 10.2. The Morgan fingerprint density at radius 3 is 2.70 bits per heavy atom. The van der Waals surface area contributed by atoms with E-state index in [1.807, 2.05) is 0 Å². The van der Waals surface area contributed by atoms with Crippen LogP contribution in [-0.4, -0.2) is 23.4 Å². The van der Waals surface area contributed by atoms with Crippen LogP contribution in [0.1, 0.15) is 0 Å². The van der Waals surface area contributed by atoms with E-state index >= 15 is 0 Å². The maximum Gasteiger partial charge on any atom is 0.271 e. The predicted octanol–water partition coefficient (Wildman–Crippen LogP) is 4.33. The van der Waals surface area contributed by atoms with Gasteiger partial charge in [0.25, 0.3) is 10.0 Å². The van der Waals surface area contributed by atoms with Crippen molar-refractivity contribution < 1.29 is 13.2 Å². The van der Waals surface area contributed by atoms with Crippen molar-refractivity contribution in [1.29, 1.82) is 0 Å². The van der Waals surface area contributed by atoms with Crippen LogP contribution in [0.2, 0.25) is 5.02 Å². The van der Waals surface area contributed by atoms with Crippen LogP contribution in [0.15, 0.2) is 64.6 Å². The zero-order chi connectivity index (χ0) is 18.9. The van der Waals surface area contributed by atoms with Crippen LogP contribution < -0.4 is 9.46 Å². The molecule has 0 saturated carbocycles. The molecule has 0 amide bonds. The highest BCUT2D eigenvalue weighted by Gasteiger charge is 2.15. The molecule has 1 N–H and O–H groups in total. The summed E-state index contributed by atoms with van der Waals surface area (Å²) in [5, 5.41) is 2.95. The zero-order valence-corrected chi connectivity index (χ0v) is 15.9. The van der Waals surface area contributed by atoms with Gasteiger partial charge >= 0.3 is 0 Å². The number of thiophene rings is 1. The van der Waals surface area contributed by atoms with Crippen molar-refractivity contribution in [2.24, 2.45) is 0 Å². The molecule has 0 unspecified atom stereocenters. The Morgan fingerprint density at radius 1 is 1.07 bits per heavy atom. The Hall–Kier alpha value is -2.75. The van der Waals surface area contributed by atoms with Crippen LogP contribution in [0.4, 0.5) is 5.69 Å². The number of hydrogen-bond acceptors (Lipinski definition) is 7. The number of nitrogens with one attached hydrogen (secondary N) is 1. The number of pyridine rings is 1. The second-order valence-corrected chi connectivity index (χ2v) is 8.66. The lowest BCUT2D eigenvalue weighted by Gasteiger charge is -2.08. The van der Waals surface area contributed by atoms with E-state index in [-0.39, 0.29) is 10.1 Å². The first-order chi connectivity index (χ1) is 13.0. The molecule has 136 valence electrons. The number of hydrogen-bond donors (Lipinski definition) is 1. The summed E-state index contributed by atoms with van der Waals surface area (Å²) in [6.07, 6.45) is 2.75. The molecule has 0 radical (unpaired) electrons. The lowest BCUT2D eigenvalue weighted by molar-refractivity contribution is 0.450. The predicted molar refractivity (Wildman–Crippen MR) is 104 cm³/mol. The van der Waals surface area contributed by atoms with Gasteiger partial charge in [0.2, 0.25) is 11.8 Å². The van der Waals surface area contributed by atoms with Gasteiger partial charge in [-0.2, -0.15) is 0 Å². The lowest BCUT2D eigenvalue weighted by Crippen LogP contribution is -2.11. The summed E-state index contributed by atoms with van der Waals surface area (Å²) in [6, 6.07) is 11.5. The topological polar surface area (TPSA) is 94.1 Å². The van der Waals surface area contributed by atoms with Gasteiger partial charge in [-0.3, -0.25) is 4.72 Å². The van der Waals surface area contributed by atoms with Gasteiger partial charge < -0.3 is 4.74 Å². The SMILES string of the molecule is O=S(=O)(Nc1ccc(Oc2ncnc3cc(Cl)ccc23)nc1)c1cccs1. The van der Waals surface area contributed by atoms with Crippen molar-refractivity contribution >= 4 is 49.6 Å². The van der Waals surface area contributed by atoms with E-state index in [9.17, 15) is 8.42 Å². The summed E-state index contributed by atoms with van der Waals surface area (Å²) in [4.78, 5) is 12.4. The zero-order valence-electron chi connectivity index (χ0n) is 13.5. The maximum absolute atomic E-state index is 12.2. The number of benzene rings is 1. The minimum absolute atomic E-state index is 0.231. The molecule has 0 aliphatic heterocycles. The molecule has 3 heterocycles. The van der Waals surface area contributed by atoms with Crippen LogP contribution in [-0.2, 0) is 10.0 Å². The van der Waals surface area contributed by atoms with Crippen molar-refractivity contribution in [3.05, 3.63) is 65.4 Å². The van der Waals surface area contributed by atoms with Crippen molar-refractivity contribution in [2.75, 3.05) is 4.72 Å². The summed E-state index contributed by atoms with van der Waals surface area (Å²) in [5.74, 6) is 0.597. The molecule has 10 heteroatoms. The minimum atomic E-state index is -3.62. The van der Waals surface area contributed by atoms with Gasteiger partial charge in [-0.25, -0.2) is 23.4 Å². The molecular weight excluding hydrogens is 408 g/mol. The fourth-order valence-corrected chi connectivity index (χ4v) is 4.51. The fraction of sp³-hybridized carbons (Fsp3) is 0. The molecule has 4 aromatic rings. The number of rotatable bonds is 5. The summed E-state index contributed by atoms with van der Waals surface area (Å²) in [5.41, 5.74) is 0.975. The van der Waals surface area contributed by atoms with E-state index in [2.05, 4.69) is 19.7 Å². The van der Waals surface area contributed by atoms with Gasteiger partial charge in [-0.15, -0.1) is 11.3 Å². The summed E-state index contributed by atoms with van der Waals surface area (Å²) in [6.45, 7) is 0. The molecule has 7 nitrogen and oxygen atoms in total. The van der Waals surface area contributed by atoms with Gasteiger partial charge in [-0.1, -0.05) is 17.7 Å². The quantitative estimate of drug-likeness (QED) is 0.518. The van der Waals surface area contributed by atoms with Crippen LogP contribution >= 0.6 is 22.9 Å². The van der Waals surface area contributed by atoms with Crippen LogP contribution in [0.5, 0.6) is 11.8 Å². The standard InChI is InChI=1S/C17H11ClN4O3S2/c18-11-3-5-13-14(8-11)20-10-21-17(13)25-15-6-4-12(9-19-15)22-27(23,24)16-2-1-7-26-16/h1-10,22H. The normalized spacial score (nSPS) is 11.4. The number of fused-ring (bicyclic) bond motifs is 1. The second-order valence-electron chi connectivity index (χ2n) is 5.37. The minimum Gasteiger partial charge on any atom is -0.420 e. The summed E-state index contributed by atoms with van der Waals surface area (Å²) < 4.78 is 32.9. The number of halogens is 1. The van der Waals surface area contributed by atoms with Crippen molar-refractivity contribution in [3.63, 3.8) is 0 Å². The van der Waals surface area contributed by atoms with E-state index in [0.717, 1.165) is 11.3 Å². The van der Waals surface area contributed by atoms with Gasteiger partial charge in [0.15, 0.2) is 0 Å². The Kier molecular flexibility index (Phi) is 4.65. The Labute approximate surface area is 163 Å². The average Bonchev–Trinajstić information content (AvgIpc) is 3.19. The molecular formula is C17H11ClN4O3S2. The van der Waals surface area contributed by atoms with Crippen molar-refractivity contribution in [3.8, 4) is 11.8 Å². The van der Waals surface area contributed by atoms with Crippen molar-refractivity contribution in [1.82, 2.24) is 15.0 Å². The third kappa shape index (κ3) is 3.85.